The second-order valence-corrected chi connectivity index (χ2v) is 4.61. The molecule has 1 aromatic carbocycles. The lowest BCUT2D eigenvalue weighted by molar-refractivity contribution is -0.137. The van der Waals surface area contributed by atoms with E-state index in [0.29, 0.717) is 5.56 Å². The normalized spacial score (nSPS) is 11.6. The van der Waals surface area contributed by atoms with Crippen molar-refractivity contribution in [2.45, 2.75) is 12.7 Å². The number of halogens is 4. The standard InChI is InChI=1S/C13H10ClF3N2O/c14-10-5-6-19(12(20)11(10)18)7-8-1-3-9(4-2-8)13(15,16)17/h1-6H,7,18H2. The first-order chi connectivity index (χ1) is 9.29. The second-order valence-electron chi connectivity index (χ2n) is 4.21. The number of nitrogens with zero attached hydrogens (tertiary/aromatic N) is 1. The van der Waals surface area contributed by atoms with Gasteiger partial charge in [0.15, 0.2) is 0 Å². The molecule has 0 saturated heterocycles. The Labute approximate surface area is 117 Å². The first-order valence-electron chi connectivity index (χ1n) is 5.59. The van der Waals surface area contributed by atoms with E-state index in [1.165, 1.54) is 29.0 Å². The summed E-state index contributed by atoms with van der Waals surface area (Å²) < 4.78 is 38.5. The van der Waals surface area contributed by atoms with Crippen LogP contribution in [0.15, 0.2) is 41.3 Å². The van der Waals surface area contributed by atoms with E-state index in [0.717, 1.165) is 12.1 Å². The fourth-order valence-corrected chi connectivity index (χ4v) is 1.83. The molecule has 0 spiro atoms. The summed E-state index contributed by atoms with van der Waals surface area (Å²) in [6, 6.07) is 6.04. The molecule has 0 atom stereocenters. The van der Waals surface area contributed by atoms with Crippen LogP contribution in [0.5, 0.6) is 0 Å². The zero-order valence-electron chi connectivity index (χ0n) is 10.1. The van der Waals surface area contributed by atoms with Gasteiger partial charge in [-0.3, -0.25) is 4.79 Å². The molecule has 3 nitrogen and oxygen atoms in total. The molecule has 0 unspecified atom stereocenters. The van der Waals surface area contributed by atoms with Gasteiger partial charge in [-0.2, -0.15) is 13.2 Å². The molecule has 2 rings (SSSR count). The Hall–Kier alpha value is -1.95. The molecule has 0 saturated carbocycles. The van der Waals surface area contributed by atoms with Gasteiger partial charge in [0.25, 0.3) is 5.56 Å². The average molecular weight is 303 g/mol. The quantitative estimate of drug-likeness (QED) is 0.926. The van der Waals surface area contributed by atoms with Crippen molar-refractivity contribution in [1.29, 1.82) is 0 Å². The van der Waals surface area contributed by atoms with Crippen LogP contribution in [0, 0.1) is 0 Å². The van der Waals surface area contributed by atoms with Gasteiger partial charge >= 0.3 is 6.18 Å². The number of benzene rings is 1. The number of rotatable bonds is 2. The monoisotopic (exact) mass is 302 g/mol. The van der Waals surface area contributed by atoms with Crippen LogP contribution >= 0.6 is 11.6 Å². The summed E-state index contributed by atoms with van der Waals surface area (Å²) in [4.78, 5) is 11.8. The third-order valence-electron chi connectivity index (χ3n) is 2.78. The fourth-order valence-electron chi connectivity index (χ4n) is 1.69. The van der Waals surface area contributed by atoms with Crippen LogP contribution in [0.4, 0.5) is 18.9 Å². The minimum atomic E-state index is -4.37. The Kier molecular flexibility index (Phi) is 3.76. The Morgan fingerprint density at radius 2 is 1.75 bits per heavy atom. The summed E-state index contributed by atoms with van der Waals surface area (Å²) in [6.07, 6.45) is -2.93. The maximum absolute atomic E-state index is 12.4. The smallest absolute Gasteiger partial charge is 0.393 e. The van der Waals surface area contributed by atoms with Gasteiger partial charge in [-0.1, -0.05) is 23.7 Å². The molecule has 7 heteroatoms. The summed E-state index contributed by atoms with van der Waals surface area (Å²) in [5.41, 5.74) is 4.77. The van der Waals surface area contributed by atoms with Crippen molar-refractivity contribution >= 4 is 17.3 Å². The molecule has 0 radical (unpaired) electrons. The lowest BCUT2D eigenvalue weighted by Crippen LogP contribution is -2.23. The van der Waals surface area contributed by atoms with Crippen LogP contribution in [0.2, 0.25) is 5.02 Å². The van der Waals surface area contributed by atoms with Gasteiger partial charge in [0.2, 0.25) is 0 Å². The van der Waals surface area contributed by atoms with Crippen molar-refractivity contribution < 1.29 is 13.2 Å². The highest BCUT2D eigenvalue weighted by atomic mass is 35.5. The molecule has 20 heavy (non-hydrogen) atoms. The first kappa shape index (κ1) is 14.5. The number of pyridine rings is 1. The first-order valence-corrected chi connectivity index (χ1v) is 5.97. The van der Waals surface area contributed by atoms with Crippen molar-refractivity contribution in [3.05, 3.63) is 63.0 Å². The van der Waals surface area contributed by atoms with E-state index >= 15 is 0 Å². The summed E-state index contributed by atoms with van der Waals surface area (Å²) in [7, 11) is 0. The molecule has 1 aromatic heterocycles. The maximum atomic E-state index is 12.4. The van der Waals surface area contributed by atoms with Crippen molar-refractivity contribution in [3.63, 3.8) is 0 Å². The summed E-state index contributed by atoms with van der Waals surface area (Å²) in [5.74, 6) is 0. The van der Waals surface area contributed by atoms with Crippen LogP contribution in [0.3, 0.4) is 0 Å². The Morgan fingerprint density at radius 3 is 2.30 bits per heavy atom. The molecule has 0 amide bonds. The van der Waals surface area contributed by atoms with Gasteiger partial charge in [0, 0.05) is 6.20 Å². The van der Waals surface area contributed by atoms with Crippen LogP contribution < -0.4 is 11.3 Å². The van der Waals surface area contributed by atoms with Crippen molar-refractivity contribution in [1.82, 2.24) is 4.57 Å². The van der Waals surface area contributed by atoms with E-state index in [1.54, 1.807) is 0 Å². The average Bonchev–Trinajstić information content (AvgIpc) is 2.39. The number of anilines is 1. The van der Waals surface area contributed by atoms with Crippen LogP contribution in [0.25, 0.3) is 0 Å². The molecule has 106 valence electrons. The van der Waals surface area contributed by atoms with Crippen LogP contribution in [-0.4, -0.2) is 4.57 Å². The lowest BCUT2D eigenvalue weighted by atomic mass is 10.1. The van der Waals surface area contributed by atoms with E-state index < -0.39 is 17.3 Å². The summed E-state index contributed by atoms with van der Waals surface area (Å²) >= 11 is 5.70. The number of aromatic nitrogens is 1. The highest BCUT2D eigenvalue weighted by Gasteiger charge is 2.29. The molecule has 2 N–H and O–H groups in total. The molecule has 2 aromatic rings. The summed E-state index contributed by atoms with van der Waals surface area (Å²) in [6.45, 7) is 0.123. The van der Waals surface area contributed by atoms with Crippen molar-refractivity contribution in [2.24, 2.45) is 0 Å². The van der Waals surface area contributed by atoms with Crippen LogP contribution in [-0.2, 0) is 12.7 Å². The number of nitrogens with two attached hydrogens (primary N) is 1. The van der Waals surface area contributed by atoms with E-state index in [2.05, 4.69) is 0 Å². The van der Waals surface area contributed by atoms with Crippen LogP contribution in [0.1, 0.15) is 11.1 Å². The molecule has 0 aliphatic rings. The minimum absolute atomic E-state index is 0.0823. The topological polar surface area (TPSA) is 48.0 Å². The minimum Gasteiger partial charge on any atom is -0.393 e. The maximum Gasteiger partial charge on any atom is 0.416 e. The molecule has 0 fully saturated rings. The molecular formula is C13H10ClF3N2O. The predicted molar refractivity (Wildman–Crippen MR) is 70.7 cm³/mol. The third kappa shape index (κ3) is 2.96. The van der Waals surface area contributed by atoms with Gasteiger partial charge in [-0.05, 0) is 23.8 Å². The SMILES string of the molecule is Nc1c(Cl)ccn(Cc2ccc(C(F)(F)F)cc2)c1=O. The van der Waals surface area contributed by atoms with E-state index in [4.69, 9.17) is 17.3 Å². The predicted octanol–water partition coefficient (Wildman–Crippen LogP) is 3.15. The van der Waals surface area contributed by atoms with E-state index in [1.807, 2.05) is 0 Å². The molecule has 0 aliphatic carbocycles. The van der Waals surface area contributed by atoms with Crippen molar-refractivity contribution in [3.8, 4) is 0 Å². The fraction of sp³-hybridized carbons (Fsp3) is 0.154. The number of hydrogen-bond donors (Lipinski definition) is 1. The van der Waals surface area contributed by atoms with E-state index in [-0.39, 0.29) is 17.3 Å². The molecule has 0 bridgehead atoms. The highest BCUT2D eigenvalue weighted by molar-refractivity contribution is 6.32. The zero-order valence-corrected chi connectivity index (χ0v) is 10.9. The number of nitrogen functional groups attached to an aromatic ring is 1. The Bertz CT molecular complexity index is 677. The largest absolute Gasteiger partial charge is 0.416 e. The third-order valence-corrected chi connectivity index (χ3v) is 3.11. The number of hydrogen-bond acceptors (Lipinski definition) is 2. The van der Waals surface area contributed by atoms with Gasteiger partial charge < -0.3 is 10.3 Å². The lowest BCUT2D eigenvalue weighted by Gasteiger charge is -2.10. The van der Waals surface area contributed by atoms with Gasteiger partial charge in [0.05, 0.1) is 17.1 Å². The van der Waals surface area contributed by atoms with E-state index in [9.17, 15) is 18.0 Å². The van der Waals surface area contributed by atoms with Gasteiger partial charge in [-0.25, -0.2) is 0 Å². The molecule has 0 aliphatic heterocycles. The Morgan fingerprint density at radius 1 is 1.15 bits per heavy atom. The molecule has 1 heterocycles. The molecular weight excluding hydrogens is 293 g/mol. The second kappa shape index (κ2) is 5.20. The van der Waals surface area contributed by atoms with Gasteiger partial charge in [-0.15, -0.1) is 0 Å². The zero-order chi connectivity index (χ0) is 14.9. The Balaban J connectivity index is 2.28. The summed E-state index contributed by atoms with van der Waals surface area (Å²) in [5, 5.41) is 0.152. The highest BCUT2D eigenvalue weighted by Crippen LogP contribution is 2.29. The number of alkyl halides is 3. The van der Waals surface area contributed by atoms with Crippen molar-refractivity contribution in [2.75, 3.05) is 5.73 Å². The van der Waals surface area contributed by atoms with Gasteiger partial charge in [0.1, 0.15) is 5.69 Å².